The first kappa shape index (κ1) is 7.01. The van der Waals surface area contributed by atoms with Gasteiger partial charge >= 0.3 is 0 Å². The molecule has 0 aromatic rings. The van der Waals surface area contributed by atoms with Gasteiger partial charge in [0.1, 0.15) is 0 Å². The first-order valence-electron chi connectivity index (χ1n) is 3.34. The van der Waals surface area contributed by atoms with Gasteiger partial charge in [0.05, 0.1) is 17.8 Å². The molecule has 1 N–H and O–H groups in total. The monoisotopic (exact) mass is 134 g/mol. The highest BCUT2D eigenvalue weighted by atomic mass is 14.7. The van der Waals surface area contributed by atoms with E-state index in [2.05, 4.69) is 16.8 Å². The molecule has 0 fully saturated rings. The fourth-order valence-electron chi connectivity index (χ4n) is 0.887. The van der Waals surface area contributed by atoms with E-state index < -0.39 is 0 Å². The van der Waals surface area contributed by atoms with Crippen molar-refractivity contribution in [3.63, 3.8) is 0 Å². The lowest BCUT2D eigenvalue weighted by Gasteiger charge is -1.98. The Morgan fingerprint density at radius 1 is 1.50 bits per heavy atom. The first-order valence-corrected chi connectivity index (χ1v) is 3.34. The molecule has 0 aromatic carbocycles. The quantitative estimate of drug-likeness (QED) is 0.484. The molecule has 0 aromatic heterocycles. The fraction of sp³-hybridized carbons (Fsp3) is 0.500. The minimum atomic E-state index is 0.639. The van der Waals surface area contributed by atoms with Gasteiger partial charge in [-0.25, -0.2) is 0 Å². The minimum absolute atomic E-state index is 0.639. The van der Waals surface area contributed by atoms with Gasteiger partial charge in [0.2, 0.25) is 0 Å². The van der Waals surface area contributed by atoms with Crippen molar-refractivity contribution < 1.29 is 0 Å². The van der Waals surface area contributed by atoms with Crippen molar-refractivity contribution in [2.24, 2.45) is 4.99 Å². The van der Waals surface area contributed by atoms with Crippen LogP contribution in [0.2, 0.25) is 0 Å². The number of nitrogens with zero attached hydrogens (tertiary/aromatic N) is 1. The molecular weight excluding hydrogens is 124 g/mol. The van der Waals surface area contributed by atoms with Gasteiger partial charge in [-0.1, -0.05) is 5.92 Å². The lowest BCUT2D eigenvalue weighted by atomic mass is 10.1. The zero-order chi connectivity index (χ0) is 7.40. The van der Waals surface area contributed by atoms with E-state index in [-0.39, 0.29) is 0 Å². The molecule has 0 amide bonds. The smallest absolute Gasteiger partial charge is 0.0671 e. The Morgan fingerprint density at radius 2 is 2.30 bits per heavy atom. The molecule has 0 radical (unpaired) electrons. The molecule has 0 saturated carbocycles. The van der Waals surface area contributed by atoms with E-state index in [0.29, 0.717) is 12.1 Å². The van der Waals surface area contributed by atoms with E-state index in [1.165, 1.54) is 0 Å². The first-order chi connectivity index (χ1) is 4.84. The molecule has 0 saturated heterocycles. The second-order valence-corrected chi connectivity index (χ2v) is 2.18. The molecule has 0 atom stereocenters. The number of nitrogens with one attached hydrogen (secondary N) is 1. The summed E-state index contributed by atoms with van der Waals surface area (Å²) in [7, 11) is 1.72. The summed E-state index contributed by atoms with van der Waals surface area (Å²) in [5.41, 5.74) is 1.49. The zero-order valence-corrected chi connectivity index (χ0v) is 6.07. The summed E-state index contributed by atoms with van der Waals surface area (Å²) in [5, 5.41) is 7.48. The van der Waals surface area contributed by atoms with Crippen LogP contribution in [0, 0.1) is 17.3 Å². The van der Waals surface area contributed by atoms with Crippen molar-refractivity contribution in [2.45, 2.75) is 19.3 Å². The summed E-state index contributed by atoms with van der Waals surface area (Å²) in [6.45, 7) is 0. The third kappa shape index (κ3) is 1.44. The van der Waals surface area contributed by atoms with Crippen LogP contribution in [0.25, 0.3) is 0 Å². The zero-order valence-electron chi connectivity index (χ0n) is 6.07. The van der Waals surface area contributed by atoms with Crippen molar-refractivity contribution in [3.05, 3.63) is 0 Å². The summed E-state index contributed by atoms with van der Waals surface area (Å²) in [4.78, 5) is 3.98. The van der Waals surface area contributed by atoms with Gasteiger partial charge < -0.3 is 5.41 Å². The SMILES string of the molecule is CN=C1CC#CCCC1=N. The molecule has 10 heavy (non-hydrogen) atoms. The van der Waals surface area contributed by atoms with Crippen molar-refractivity contribution in [1.82, 2.24) is 0 Å². The molecule has 0 heterocycles. The summed E-state index contributed by atoms with van der Waals surface area (Å²) in [5.74, 6) is 5.93. The highest BCUT2D eigenvalue weighted by molar-refractivity contribution is 6.41. The molecule has 0 aliphatic heterocycles. The lowest BCUT2D eigenvalue weighted by Crippen LogP contribution is -2.10. The van der Waals surface area contributed by atoms with Gasteiger partial charge in [-0.3, -0.25) is 4.99 Å². The molecule has 0 unspecified atom stereocenters. The molecule has 0 bridgehead atoms. The van der Waals surface area contributed by atoms with E-state index in [9.17, 15) is 0 Å². The highest BCUT2D eigenvalue weighted by Gasteiger charge is 2.05. The van der Waals surface area contributed by atoms with Crippen LogP contribution in [0.1, 0.15) is 19.3 Å². The Hall–Kier alpha value is -1.10. The van der Waals surface area contributed by atoms with Crippen LogP contribution in [0.3, 0.4) is 0 Å². The van der Waals surface area contributed by atoms with E-state index >= 15 is 0 Å². The molecule has 0 spiro atoms. The molecule has 2 nitrogen and oxygen atoms in total. The number of hydrogen-bond donors (Lipinski definition) is 1. The van der Waals surface area contributed by atoms with Gasteiger partial charge in [0.25, 0.3) is 0 Å². The van der Waals surface area contributed by atoms with Gasteiger partial charge in [0, 0.05) is 19.9 Å². The largest absolute Gasteiger partial charge is 0.303 e. The molecule has 52 valence electrons. The van der Waals surface area contributed by atoms with Crippen LogP contribution in [0.15, 0.2) is 4.99 Å². The predicted octanol–water partition coefficient (Wildman–Crippen LogP) is 1.26. The van der Waals surface area contributed by atoms with Crippen LogP contribution in [0.4, 0.5) is 0 Å². The highest BCUT2D eigenvalue weighted by Crippen LogP contribution is 2.00. The second kappa shape index (κ2) is 3.17. The standard InChI is InChI=1S/C8H10N2/c1-10-8-6-4-2-3-5-7(8)9/h9H,3,5-6H2,1H3. The van der Waals surface area contributed by atoms with E-state index in [1.807, 2.05) is 0 Å². The average molecular weight is 134 g/mol. The molecule has 1 aliphatic rings. The topological polar surface area (TPSA) is 36.2 Å². The van der Waals surface area contributed by atoms with Crippen LogP contribution in [-0.2, 0) is 0 Å². The fourth-order valence-corrected chi connectivity index (χ4v) is 0.887. The second-order valence-electron chi connectivity index (χ2n) is 2.18. The maximum atomic E-state index is 7.48. The third-order valence-electron chi connectivity index (χ3n) is 1.50. The van der Waals surface area contributed by atoms with Gasteiger partial charge in [-0.15, -0.1) is 5.92 Å². The van der Waals surface area contributed by atoms with Crippen molar-refractivity contribution in [2.75, 3.05) is 7.05 Å². The number of aliphatic imine (C=N–C) groups is 1. The molecule has 1 aliphatic carbocycles. The van der Waals surface area contributed by atoms with Crippen molar-refractivity contribution in [3.8, 4) is 11.8 Å². The van der Waals surface area contributed by atoms with Crippen LogP contribution >= 0.6 is 0 Å². The summed E-state index contributed by atoms with van der Waals surface area (Å²) >= 11 is 0. The minimum Gasteiger partial charge on any atom is -0.303 e. The van der Waals surface area contributed by atoms with Crippen molar-refractivity contribution in [1.29, 1.82) is 5.41 Å². The lowest BCUT2D eigenvalue weighted by molar-refractivity contribution is 1.13. The number of rotatable bonds is 0. The van der Waals surface area contributed by atoms with Gasteiger partial charge in [0.15, 0.2) is 0 Å². The predicted molar refractivity (Wildman–Crippen MR) is 42.7 cm³/mol. The Morgan fingerprint density at radius 3 is 3.00 bits per heavy atom. The Labute approximate surface area is 60.9 Å². The summed E-state index contributed by atoms with van der Waals surface area (Å²) < 4.78 is 0. The molecule has 2 heteroatoms. The van der Waals surface area contributed by atoms with Crippen LogP contribution < -0.4 is 0 Å². The Balaban J connectivity index is 2.75. The van der Waals surface area contributed by atoms with E-state index in [4.69, 9.17) is 5.41 Å². The average Bonchev–Trinajstić information content (AvgIpc) is 2.13. The van der Waals surface area contributed by atoms with E-state index in [0.717, 1.165) is 18.6 Å². The van der Waals surface area contributed by atoms with Gasteiger partial charge in [-0.05, 0) is 0 Å². The van der Waals surface area contributed by atoms with Gasteiger partial charge in [-0.2, -0.15) is 0 Å². The maximum Gasteiger partial charge on any atom is 0.0671 e. The van der Waals surface area contributed by atoms with Crippen molar-refractivity contribution >= 4 is 11.4 Å². The molecule has 1 rings (SSSR count). The summed E-state index contributed by atoms with van der Waals surface area (Å²) in [6, 6.07) is 0. The van der Waals surface area contributed by atoms with Crippen LogP contribution in [-0.4, -0.2) is 18.5 Å². The maximum absolute atomic E-state index is 7.48. The Kier molecular flexibility index (Phi) is 2.22. The normalized spacial score (nSPS) is 21.7. The third-order valence-corrected chi connectivity index (χ3v) is 1.50. The van der Waals surface area contributed by atoms with Crippen LogP contribution in [0.5, 0.6) is 0 Å². The van der Waals surface area contributed by atoms with E-state index in [1.54, 1.807) is 7.05 Å². The molecular formula is C8H10N2. The summed E-state index contributed by atoms with van der Waals surface area (Å²) in [6.07, 6.45) is 2.24. The number of hydrogen-bond acceptors (Lipinski definition) is 2. The Bertz CT molecular complexity index is 227.